The van der Waals surface area contributed by atoms with Crippen molar-refractivity contribution in [3.05, 3.63) is 0 Å². The molecule has 0 N–H and O–H groups in total. The molecule has 1 unspecified atom stereocenters. The average molecular weight is 261 g/mol. The van der Waals surface area contributed by atoms with Crippen LogP contribution in [-0.2, 0) is 4.12 Å². The van der Waals surface area contributed by atoms with E-state index in [0.29, 0.717) is 0 Å². The highest BCUT2D eigenvalue weighted by atomic mass is 28.4. The Morgan fingerprint density at radius 2 is 1.06 bits per heavy atom. The maximum absolute atomic E-state index is 6.76. The van der Waals surface area contributed by atoms with Crippen LogP contribution in [0, 0.1) is 0 Å². The highest BCUT2D eigenvalue weighted by molar-refractivity contribution is 6.83. The molecule has 98 valence electrons. The molecule has 1 nitrogen and oxygen atoms in total. The molecule has 0 rings (SSSR count). The molecule has 1 atom stereocenters. The van der Waals surface area contributed by atoms with Gasteiger partial charge in [-0.25, -0.2) is 0 Å². The van der Waals surface area contributed by atoms with Crippen molar-refractivity contribution in [3.63, 3.8) is 0 Å². The third kappa shape index (κ3) is 3.44. The molecule has 0 amide bonds. The largest absolute Gasteiger partial charge is 0.457 e. The molecule has 0 aliphatic heterocycles. The molecule has 16 heavy (non-hydrogen) atoms. The molecule has 0 heterocycles. The zero-order chi connectivity index (χ0) is 13.1. The predicted octanol–water partition coefficient (Wildman–Crippen LogP) is 4.94. The lowest BCUT2D eigenvalue weighted by atomic mass is 10.5. The number of hydrogen-bond acceptors (Lipinski definition) is 1. The molecule has 0 aromatic rings. The fourth-order valence-corrected chi connectivity index (χ4v) is 13.8. The molecule has 0 aliphatic carbocycles. The minimum atomic E-state index is -1.59. The van der Waals surface area contributed by atoms with E-state index in [1.54, 1.807) is 0 Å². The van der Waals surface area contributed by atoms with Gasteiger partial charge in [-0.1, -0.05) is 55.4 Å². The third-order valence-electron chi connectivity index (χ3n) is 4.04. The lowest BCUT2D eigenvalue weighted by Crippen LogP contribution is -2.51. The predicted molar refractivity (Wildman–Crippen MR) is 80.2 cm³/mol. The number of rotatable bonds is 6. The third-order valence-corrected chi connectivity index (χ3v) is 14.4. The van der Waals surface area contributed by atoms with Crippen LogP contribution in [0.15, 0.2) is 0 Å². The zero-order valence-electron chi connectivity index (χ0n) is 12.8. The first-order valence-electron chi connectivity index (χ1n) is 6.84. The highest BCUT2D eigenvalue weighted by Gasteiger charge is 2.45. The van der Waals surface area contributed by atoms with Gasteiger partial charge in [0, 0.05) is 0 Å². The van der Waals surface area contributed by atoms with Crippen molar-refractivity contribution in [2.24, 2.45) is 0 Å². The summed E-state index contributed by atoms with van der Waals surface area (Å²) in [6.45, 7) is 21.2. The van der Waals surface area contributed by atoms with E-state index >= 15 is 0 Å². The summed E-state index contributed by atoms with van der Waals surface area (Å²) in [7, 11) is -2.60. The molecule has 0 bridgehead atoms. The van der Waals surface area contributed by atoms with Crippen LogP contribution in [0.25, 0.3) is 0 Å². The molecule has 0 aromatic heterocycles. The summed E-state index contributed by atoms with van der Waals surface area (Å²) in [5.74, 6) is 0. The fourth-order valence-electron chi connectivity index (χ4n) is 2.87. The SMILES string of the molecule is CC(C)[SiH](C)O[Si](C(C)C)(C(C)C)C(C)C. The van der Waals surface area contributed by atoms with Crippen molar-refractivity contribution < 1.29 is 4.12 Å². The Labute approximate surface area is 106 Å². The molecule has 0 saturated carbocycles. The van der Waals surface area contributed by atoms with Crippen molar-refractivity contribution >= 4 is 17.4 Å². The van der Waals surface area contributed by atoms with E-state index in [4.69, 9.17) is 4.12 Å². The van der Waals surface area contributed by atoms with Gasteiger partial charge in [-0.05, 0) is 28.7 Å². The monoisotopic (exact) mass is 260 g/mol. The molecule has 0 saturated heterocycles. The van der Waals surface area contributed by atoms with Gasteiger partial charge in [0.15, 0.2) is 17.4 Å². The van der Waals surface area contributed by atoms with Gasteiger partial charge in [-0.2, -0.15) is 0 Å². The molecule has 0 spiro atoms. The van der Waals surface area contributed by atoms with Crippen LogP contribution in [-0.4, -0.2) is 17.4 Å². The summed E-state index contributed by atoms with van der Waals surface area (Å²) in [6, 6.07) is 0. The standard InChI is InChI=1S/C13H32OSi2/c1-10(2)15(9)14-16(11(3)4,12(5)6)13(7)8/h10-13,15H,1-9H3. The van der Waals surface area contributed by atoms with Gasteiger partial charge in [0.25, 0.3) is 0 Å². The molecular formula is C13H32OSi2. The Kier molecular flexibility index (Phi) is 6.52. The van der Waals surface area contributed by atoms with E-state index in [9.17, 15) is 0 Å². The fraction of sp³-hybridized carbons (Fsp3) is 1.00. The minimum absolute atomic E-state index is 0.723. The summed E-state index contributed by atoms with van der Waals surface area (Å²) >= 11 is 0. The smallest absolute Gasteiger partial charge is 0.187 e. The van der Waals surface area contributed by atoms with E-state index in [2.05, 4.69) is 61.9 Å². The molecule has 0 aromatic carbocycles. The van der Waals surface area contributed by atoms with Crippen molar-refractivity contribution in [1.29, 1.82) is 0 Å². The lowest BCUT2D eigenvalue weighted by Gasteiger charge is -2.45. The first-order valence-corrected chi connectivity index (χ1v) is 11.3. The maximum atomic E-state index is 6.76. The van der Waals surface area contributed by atoms with Gasteiger partial charge in [0.2, 0.25) is 0 Å². The van der Waals surface area contributed by atoms with Crippen molar-refractivity contribution in [2.75, 3.05) is 0 Å². The molecule has 0 aliphatic rings. The van der Waals surface area contributed by atoms with Crippen LogP contribution in [0.5, 0.6) is 0 Å². The van der Waals surface area contributed by atoms with E-state index in [-0.39, 0.29) is 0 Å². The normalized spacial score (nSPS) is 15.6. The van der Waals surface area contributed by atoms with Crippen LogP contribution in [0.1, 0.15) is 55.4 Å². The van der Waals surface area contributed by atoms with E-state index < -0.39 is 17.4 Å². The molecule has 3 heteroatoms. The first kappa shape index (κ1) is 16.4. The maximum Gasteiger partial charge on any atom is 0.187 e. The Morgan fingerprint density at radius 3 is 1.25 bits per heavy atom. The van der Waals surface area contributed by atoms with Gasteiger partial charge < -0.3 is 4.12 Å². The Morgan fingerprint density at radius 1 is 0.750 bits per heavy atom. The summed E-state index contributed by atoms with van der Waals surface area (Å²) < 4.78 is 6.76. The van der Waals surface area contributed by atoms with Gasteiger partial charge >= 0.3 is 0 Å². The Bertz CT molecular complexity index is 178. The van der Waals surface area contributed by atoms with Crippen LogP contribution in [0.4, 0.5) is 0 Å². The quantitative estimate of drug-likeness (QED) is 0.615. The van der Waals surface area contributed by atoms with E-state index in [1.165, 1.54) is 0 Å². The average Bonchev–Trinajstić information content (AvgIpc) is 2.11. The highest BCUT2D eigenvalue weighted by Crippen LogP contribution is 2.43. The summed E-state index contributed by atoms with van der Waals surface area (Å²) in [6.07, 6.45) is 0. The van der Waals surface area contributed by atoms with Gasteiger partial charge in [0.05, 0.1) is 0 Å². The summed E-state index contributed by atoms with van der Waals surface area (Å²) in [4.78, 5) is 0. The van der Waals surface area contributed by atoms with E-state index in [1.807, 2.05) is 0 Å². The summed E-state index contributed by atoms with van der Waals surface area (Å²) in [5.41, 5.74) is 2.92. The van der Waals surface area contributed by atoms with Crippen LogP contribution in [0.3, 0.4) is 0 Å². The van der Waals surface area contributed by atoms with Crippen LogP contribution in [0.2, 0.25) is 28.7 Å². The molecule has 0 fully saturated rings. The van der Waals surface area contributed by atoms with Gasteiger partial charge in [-0.15, -0.1) is 0 Å². The second-order valence-corrected chi connectivity index (χ2v) is 15.2. The van der Waals surface area contributed by atoms with Gasteiger partial charge in [0.1, 0.15) is 0 Å². The van der Waals surface area contributed by atoms with Crippen molar-refractivity contribution in [2.45, 2.75) is 84.1 Å². The van der Waals surface area contributed by atoms with E-state index in [0.717, 1.165) is 22.2 Å². The number of hydrogen-bond donors (Lipinski definition) is 0. The Hall–Kier alpha value is 0.394. The molecular weight excluding hydrogens is 228 g/mol. The second-order valence-electron chi connectivity index (χ2n) is 6.38. The topological polar surface area (TPSA) is 9.23 Å². The van der Waals surface area contributed by atoms with Crippen LogP contribution < -0.4 is 0 Å². The first-order chi connectivity index (χ1) is 7.16. The van der Waals surface area contributed by atoms with Crippen LogP contribution >= 0.6 is 0 Å². The summed E-state index contributed by atoms with van der Waals surface area (Å²) in [5, 5.41) is 0. The Balaban J connectivity index is 5.05. The zero-order valence-corrected chi connectivity index (χ0v) is 14.9. The minimum Gasteiger partial charge on any atom is -0.457 e. The molecule has 0 radical (unpaired) electrons. The van der Waals surface area contributed by atoms with Crippen molar-refractivity contribution in [1.82, 2.24) is 0 Å². The van der Waals surface area contributed by atoms with Crippen molar-refractivity contribution in [3.8, 4) is 0 Å². The lowest BCUT2D eigenvalue weighted by molar-refractivity contribution is 0.481. The van der Waals surface area contributed by atoms with Gasteiger partial charge in [-0.3, -0.25) is 0 Å². The second kappa shape index (κ2) is 6.36.